The number of halogens is 1. The maximum atomic E-state index is 13.4. The summed E-state index contributed by atoms with van der Waals surface area (Å²) in [6.07, 6.45) is 1.88. The number of thioether (sulfide) groups is 1. The Hall–Kier alpha value is -3.88. The predicted molar refractivity (Wildman–Crippen MR) is 156 cm³/mol. The van der Waals surface area contributed by atoms with E-state index in [0.717, 1.165) is 26.4 Å². The number of carbonyl (C=O) groups is 2. The second-order valence-electron chi connectivity index (χ2n) is 8.52. The van der Waals surface area contributed by atoms with Crippen molar-refractivity contribution in [3.05, 3.63) is 111 Å². The molecule has 0 spiro atoms. The molecule has 1 saturated heterocycles. The number of carboxylic acid groups (broad SMARTS) is 1. The van der Waals surface area contributed by atoms with Gasteiger partial charge in [-0.1, -0.05) is 58.4 Å². The fraction of sp³-hybridized carbons (Fsp3) is 0.100. The Bertz CT molecular complexity index is 1580. The van der Waals surface area contributed by atoms with Crippen molar-refractivity contribution in [2.75, 3.05) is 6.54 Å². The van der Waals surface area contributed by atoms with Gasteiger partial charge in [0.1, 0.15) is 12.4 Å². The quantitative estimate of drug-likeness (QED) is 0.227. The topological polar surface area (TPSA) is 79.2 Å². The zero-order valence-corrected chi connectivity index (χ0v) is 22.8. The van der Waals surface area contributed by atoms with Crippen LogP contribution in [-0.4, -0.2) is 33.6 Å². The molecule has 4 aromatic rings. The summed E-state index contributed by atoms with van der Waals surface area (Å²) in [4.78, 5) is 31.3. The lowest BCUT2D eigenvalue weighted by Gasteiger charge is -2.13. The van der Waals surface area contributed by atoms with Crippen LogP contribution in [0.15, 0.2) is 99.3 Å². The van der Waals surface area contributed by atoms with Crippen molar-refractivity contribution >= 4 is 67.3 Å². The maximum absolute atomic E-state index is 13.4. The minimum Gasteiger partial charge on any atom is -0.488 e. The molecule has 1 aliphatic heterocycles. The number of likely N-dealkylation sites (N-methyl/N-ethyl adjacent to an activating group) is 1. The zero-order chi connectivity index (χ0) is 26.6. The van der Waals surface area contributed by atoms with E-state index in [1.54, 1.807) is 17.0 Å². The Labute approximate surface area is 232 Å². The molecule has 0 bridgehead atoms. The van der Waals surface area contributed by atoms with Crippen molar-refractivity contribution in [3.8, 4) is 5.75 Å². The molecule has 38 heavy (non-hydrogen) atoms. The van der Waals surface area contributed by atoms with Gasteiger partial charge in [-0.15, -0.1) is 0 Å². The van der Waals surface area contributed by atoms with Crippen molar-refractivity contribution in [1.82, 2.24) is 4.90 Å². The lowest BCUT2D eigenvalue weighted by Crippen LogP contribution is -2.28. The fourth-order valence-corrected chi connectivity index (χ4v) is 5.39. The summed E-state index contributed by atoms with van der Waals surface area (Å²) in [7, 11) is 0. The van der Waals surface area contributed by atoms with Crippen LogP contribution in [0, 0.1) is 0 Å². The molecule has 6 nitrogen and oxygen atoms in total. The highest BCUT2D eigenvalue weighted by Crippen LogP contribution is 2.38. The first-order valence-electron chi connectivity index (χ1n) is 12.0. The number of hydrogen-bond acceptors (Lipinski definition) is 5. The van der Waals surface area contributed by atoms with Gasteiger partial charge >= 0.3 is 5.97 Å². The first-order chi connectivity index (χ1) is 18.4. The Morgan fingerprint density at radius 3 is 2.47 bits per heavy atom. The van der Waals surface area contributed by atoms with E-state index in [1.807, 2.05) is 73.7 Å². The summed E-state index contributed by atoms with van der Waals surface area (Å²) >= 11 is 4.76. The highest BCUT2D eigenvalue weighted by molar-refractivity contribution is 9.10. The Morgan fingerprint density at radius 1 is 1.03 bits per heavy atom. The molecule has 1 fully saturated rings. The van der Waals surface area contributed by atoms with Gasteiger partial charge in [0.05, 0.1) is 16.2 Å². The average Bonchev–Trinajstić information content (AvgIpc) is 3.22. The molecule has 0 atom stereocenters. The minimum absolute atomic E-state index is 0.134. The lowest BCUT2D eigenvalue weighted by atomic mass is 10.0. The van der Waals surface area contributed by atoms with E-state index in [-0.39, 0.29) is 11.5 Å². The molecule has 1 amide bonds. The van der Waals surface area contributed by atoms with Gasteiger partial charge in [-0.05, 0) is 83.6 Å². The molecule has 0 radical (unpaired) electrons. The second-order valence-corrected chi connectivity index (χ2v) is 10.4. The lowest BCUT2D eigenvalue weighted by molar-refractivity contribution is -0.122. The first kappa shape index (κ1) is 25.8. The standard InChI is InChI=1S/C30H23BrN2O4S/c1-2-33-28(34)27(38-30(33)32-23-14-9-21(10-15-23)29(35)36)17-25-24-6-4-3-5-20(24)11-16-26(25)37-18-19-7-12-22(31)13-8-19/h3-17H,2,18H2,1H3,(H,35,36)/b27-17+,32-30?. The number of benzene rings is 4. The van der Waals surface area contributed by atoms with E-state index >= 15 is 0 Å². The number of amidine groups is 1. The van der Waals surface area contributed by atoms with Crippen LogP contribution in [0.1, 0.15) is 28.4 Å². The number of ether oxygens (including phenoxy) is 1. The van der Waals surface area contributed by atoms with Gasteiger partial charge in [-0.2, -0.15) is 0 Å². The Morgan fingerprint density at radius 2 is 1.76 bits per heavy atom. The third-order valence-corrected chi connectivity index (χ3v) is 7.59. The van der Waals surface area contributed by atoms with Crippen LogP contribution in [0.4, 0.5) is 5.69 Å². The summed E-state index contributed by atoms with van der Waals surface area (Å²) in [5, 5.41) is 11.7. The van der Waals surface area contributed by atoms with Crippen molar-refractivity contribution in [3.63, 3.8) is 0 Å². The number of nitrogens with zero attached hydrogens (tertiary/aromatic N) is 2. The third-order valence-electron chi connectivity index (χ3n) is 6.06. The van der Waals surface area contributed by atoms with Gasteiger partial charge in [0.25, 0.3) is 5.91 Å². The highest BCUT2D eigenvalue weighted by atomic mass is 79.9. The number of aliphatic imine (C=N–C) groups is 1. The summed E-state index contributed by atoms with van der Waals surface area (Å²) in [6, 6.07) is 26.2. The molecule has 4 aromatic carbocycles. The van der Waals surface area contributed by atoms with E-state index < -0.39 is 5.97 Å². The number of rotatable bonds is 7. The van der Waals surface area contributed by atoms with Crippen LogP contribution in [0.25, 0.3) is 16.8 Å². The van der Waals surface area contributed by atoms with Gasteiger partial charge in [-0.25, -0.2) is 9.79 Å². The minimum atomic E-state index is -0.997. The van der Waals surface area contributed by atoms with E-state index in [4.69, 9.17) is 9.84 Å². The average molecular weight is 587 g/mol. The zero-order valence-electron chi connectivity index (χ0n) is 20.4. The highest BCUT2D eigenvalue weighted by Gasteiger charge is 2.32. The summed E-state index contributed by atoms with van der Waals surface area (Å²) in [5.41, 5.74) is 2.63. The van der Waals surface area contributed by atoms with Crippen LogP contribution in [0.3, 0.4) is 0 Å². The maximum Gasteiger partial charge on any atom is 0.335 e. The summed E-state index contributed by atoms with van der Waals surface area (Å²) < 4.78 is 7.26. The fourth-order valence-electron chi connectivity index (χ4n) is 4.08. The monoisotopic (exact) mass is 586 g/mol. The molecule has 0 unspecified atom stereocenters. The number of amides is 1. The smallest absolute Gasteiger partial charge is 0.335 e. The molecule has 0 aliphatic carbocycles. The first-order valence-corrected chi connectivity index (χ1v) is 13.6. The molecule has 1 heterocycles. The number of carbonyl (C=O) groups excluding carboxylic acids is 1. The van der Waals surface area contributed by atoms with Crippen molar-refractivity contribution in [1.29, 1.82) is 0 Å². The molecule has 5 rings (SSSR count). The SMILES string of the molecule is CCN1C(=O)/C(=C\c2c(OCc3ccc(Br)cc3)ccc3ccccc23)SC1=Nc1ccc(C(=O)O)cc1. The van der Waals surface area contributed by atoms with Crippen LogP contribution < -0.4 is 4.74 Å². The van der Waals surface area contributed by atoms with Crippen molar-refractivity contribution in [2.24, 2.45) is 4.99 Å². The summed E-state index contributed by atoms with van der Waals surface area (Å²) in [5.74, 6) is -0.446. The normalized spacial score (nSPS) is 15.5. The van der Waals surface area contributed by atoms with Crippen LogP contribution >= 0.6 is 27.7 Å². The number of aromatic carboxylic acids is 1. The van der Waals surface area contributed by atoms with Crippen LogP contribution in [0.5, 0.6) is 5.75 Å². The van der Waals surface area contributed by atoms with Gasteiger partial charge in [0.15, 0.2) is 5.17 Å². The molecular weight excluding hydrogens is 564 g/mol. The molecule has 1 N–H and O–H groups in total. The Kier molecular flexibility index (Phi) is 7.62. The van der Waals surface area contributed by atoms with E-state index in [0.29, 0.717) is 34.7 Å². The molecule has 8 heteroatoms. The van der Waals surface area contributed by atoms with E-state index in [1.165, 1.54) is 23.9 Å². The largest absolute Gasteiger partial charge is 0.488 e. The van der Waals surface area contributed by atoms with Gasteiger partial charge in [0, 0.05) is 16.6 Å². The molecule has 0 saturated carbocycles. The number of fused-ring (bicyclic) bond motifs is 1. The molecule has 0 aromatic heterocycles. The van der Waals surface area contributed by atoms with Crippen molar-refractivity contribution < 1.29 is 19.4 Å². The van der Waals surface area contributed by atoms with E-state index in [9.17, 15) is 9.59 Å². The Balaban J connectivity index is 1.50. The third kappa shape index (κ3) is 5.51. The molecular formula is C30H23BrN2O4S. The van der Waals surface area contributed by atoms with Crippen molar-refractivity contribution in [2.45, 2.75) is 13.5 Å². The van der Waals surface area contributed by atoms with Gasteiger partial charge < -0.3 is 9.84 Å². The van der Waals surface area contributed by atoms with E-state index in [2.05, 4.69) is 20.9 Å². The number of hydrogen-bond donors (Lipinski definition) is 1. The molecule has 190 valence electrons. The van der Waals surface area contributed by atoms with Gasteiger partial charge in [-0.3, -0.25) is 9.69 Å². The number of carboxylic acids is 1. The van der Waals surface area contributed by atoms with Crippen LogP contribution in [-0.2, 0) is 11.4 Å². The predicted octanol–water partition coefficient (Wildman–Crippen LogP) is 7.50. The van der Waals surface area contributed by atoms with Gasteiger partial charge in [0.2, 0.25) is 0 Å². The summed E-state index contributed by atoms with van der Waals surface area (Å²) in [6.45, 7) is 2.75. The second kappa shape index (κ2) is 11.2. The molecule has 1 aliphatic rings. The van der Waals surface area contributed by atoms with Crippen LogP contribution in [0.2, 0.25) is 0 Å².